The zero-order valence-corrected chi connectivity index (χ0v) is 17.2. The van der Waals surface area contributed by atoms with Gasteiger partial charge in [0.1, 0.15) is 21.9 Å². The summed E-state index contributed by atoms with van der Waals surface area (Å²) in [7, 11) is 1.74. The van der Waals surface area contributed by atoms with Crippen LogP contribution in [-0.2, 0) is 13.2 Å². The highest BCUT2D eigenvalue weighted by Crippen LogP contribution is 2.35. The number of aromatic nitrogens is 5. The zero-order chi connectivity index (χ0) is 19.3. The molecule has 4 rings (SSSR count). The minimum absolute atomic E-state index is 0.196. The molecular weight excluding hydrogens is 490 g/mol. The van der Waals surface area contributed by atoms with E-state index in [-0.39, 0.29) is 5.52 Å². The molecule has 0 saturated heterocycles. The molecule has 0 N–H and O–H groups in total. The predicted octanol–water partition coefficient (Wildman–Crippen LogP) is 5.02. The largest absolute Gasteiger partial charge is 0.417 e. The second-order valence-corrected chi connectivity index (χ2v) is 8.33. The molecule has 27 heavy (non-hydrogen) atoms. The maximum absolute atomic E-state index is 13.0. The van der Waals surface area contributed by atoms with Crippen molar-refractivity contribution in [1.82, 2.24) is 23.9 Å². The van der Waals surface area contributed by atoms with E-state index < -0.39 is 11.7 Å². The first-order valence-electron chi connectivity index (χ1n) is 8.00. The van der Waals surface area contributed by atoms with Crippen molar-refractivity contribution in [2.24, 2.45) is 7.05 Å². The number of fused-ring (bicyclic) bond motifs is 2. The van der Waals surface area contributed by atoms with Gasteiger partial charge in [0.2, 0.25) is 0 Å². The van der Waals surface area contributed by atoms with E-state index in [1.165, 1.54) is 0 Å². The standard InChI is InChI=1S/C17H13F3IN5S/c1-3-27-16-13(24-12-5-4-10(21)8-26(12)16)15-23-11-6-9(17(18,19)20)7-22-14(11)25(15)2/h4-8H,3H2,1-2H3. The van der Waals surface area contributed by atoms with E-state index in [1.807, 2.05) is 29.7 Å². The number of imidazole rings is 2. The molecule has 0 unspecified atom stereocenters. The molecule has 0 amide bonds. The Bertz CT molecular complexity index is 1160. The zero-order valence-electron chi connectivity index (χ0n) is 14.3. The average Bonchev–Trinajstić information content (AvgIpc) is 3.12. The van der Waals surface area contributed by atoms with Crippen molar-refractivity contribution in [3.8, 4) is 11.5 Å². The molecule has 5 nitrogen and oxygen atoms in total. The Kier molecular flexibility index (Phi) is 4.57. The number of alkyl halides is 3. The summed E-state index contributed by atoms with van der Waals surface area (Å²) in [6, 6.07) is 4.89. The maximum atomic E-state index is 13.0. The SMILES string of the molecule is CCSc1c(-c2nc3cc(C(F)(F)F)cnc3n2C)nc2ccc(I)cn12. The molecule has 0 aliphatic heterocycles. The third-order valence-electron chi connectivity index (χ3n) is 4.07. The highest BCUT2D eigenvalue weighted by Gasteiger charge is 2.32. The van der Waals surface area contributed by atoms with E-state index in [0.29, 0.717) is 17.2 Å². The second kappa shape index (κ2) is 6.66. The van der Waals surface area contributed by atoms with Gasteiger partial charge >= 0.3 is 6.18 Å². The van der Waals surface area contributed by atoms with E-state index >= 15 is 0 Å². The molecular formula is C17H13F3IN5S. The minimum Gasteiger partial charge on any atom is -0.310 e. The summed E-state index contributed by atoms with van der Waals surface area (Å²) in [5.74, 6) is 1.32. The summed E-state index contributed by atoms with van der Waals surface area (Å²) < 4.78 is 43.7. The van der Waals surface area contributed by atoms with E-state index in [1.54, 1.807) is 23.4 Å². The number of rotatable bonds is 3. The summed E-state index contributed by atoms with van der Waals surface area (Å²) in [6.45, 7) is 2.04. The van der Waals surface area contributed by atoms with Crippen LogP contribution in [0.15, 0.2) is 35.6 Å². The predicted molar refractivity (Wildman–Crippen MR) is 107 cm³/mol. The number of pyridine rings is 2. The van der Waals surface area contributed by atoms with Crippen molar-refractivity contribution >= 4 is 51.2 Å². The van der Waals surface area contributed by atoms with Crippen LogP contribution in [0.2, 0.25) is 0 Å². The highest BCUT2D eigenvalue weighted by atomic mass is 127. The van der Waals surface area contributed by atoms with Gasteiger partial charge < -0.3 is 4.57 Å². The Hall–Kier alpha value is -1.82. The lowest BCUT2D eigenvalue weighted by Gasteiger charge is -2.05. The average molecular weight is 503 g/mol. The van der Waals surface area contributed by atoms with Gasteiger partial charge in [-0.05, 0) is 46.5 Å². The lowest BCUT2D eigenvalue weighted by atomic mass is 10.2. The molecule has 10 heteroatoms. The lowest BCUT2D eigenvalue weighted by Crippen LogP contribution is -2.05. The molecule has 0 fully saturated rings. The van der Waals surface area contributed by atoms with Crippen molar-refractivity contribution in [2.45, 2.75) is 18.1 Å². The van der Waals surface area contributed by atoms with Crippen molar-refractivity contribution in [3.05, 3.63) is 39.7 Å². The van der Waals surface area contributed by atoms with Crippen LogP contribution >= 0.6 is 34.4 Å². The summed E-state index contributed by atoms with van der Waals surface area (Å²) in [4.78, 5) is 13.1. The molecule has 0 saturated carbocycles. The quantitative estimate of drug-likeness (QED) is 0.291. The van der Waals surface area contributed by atoms with E-state index in [0.717, 1.165) is 32.3 Å². The maximum Gasteiger partial charge on any atom is 0.417 e. The number of hydrogen-bond donors (Lipinski definition) is 0. The molecule has 140 valence electrons. The van der Waals surface area contributed by atoms with Gasteiger partial charge in [-0.1, -0.05) is 6.92 Å². The van der Waals surface area contributed by atoms with Crippen molar-refractivity contribution in [3.63, 3.8) is 0 Å². The fourth-order valence-corrected chi connectivity index (χ4v) is 4.15. The third kappa shape index (κ3) is 3.18. The van der Waals surface area contributed by atoms with Gasteiger partial charge in [0, 0.05) is 23.0 Å². The fraction of sp³-hybridized carbons (Fsp3) is 0.235. The van der Waals surface area contributed by atoms with Gasteiger partial charge in [0.05, 0.1) is 5.56 Å². The van der Waals surface area contributed by atoms with Gasteiger partial charge in [-0.15, -0.1) is 11.8 Å². The summed E-state index contributed by atoms with van der Waals surface area (Å²) in [5, 5.41) is 0.903. The molecule has 4 aromatic heterocycles. The van der Waals surface area contributed by atoms with Crippen LogP contribution in [0.3, 0.4) is 0 Å². The molecule has 0 bridgehead atoms. The summed E-state index contributed by atoms with van der Waals surface area (Å²) in [5.41, 5.74) is 1.17. The number of hydrogen-bond acceptors (Lipinski definition) is 4. The number of nitrogens with zero attached hydrogens (tertiary/aromatic N) is 5. The highest BCUT2D eigenvalue weighted by molar-refractivity contribution is 14.1. The monoisotopic (exact) mass is 503 g/mol. The summed E-state index contributed by atoms with van der Waals surface area (Å²) in [6.07, 6.45) is -1.64. The lowest BCUT2D eigenvalue weighted by molar-refractivity contribution is -0.137. The van der Waals surface area contributed by atoms with Gasteiger partial charge in [0.15, 0.2) is 11.5 Å². The minimum atomic E-state index is -4.46. The van der Waals surface area contributed by atoms with Crippen molar-refractivity contribution in [1.29, 1.82) is 0 Å². The first kappa shape index (κ1) is 18.5. The van der Waals surface area contributed by atoms with Crippen LogP contribution in [-0.4, -0.2) is 29.7 Å². The van der Waals surface area contributed by atoms with Crippen molar-refractivity contribution in [2.75, 3.05) is 5.75 Å². The van der Waals surface area contributed by atoms with Crippen LogP contribution in [0.25, 0.3) is 28.3 Å². The van der Waals surface area contributed by atoms with E-state index in [4.69, 9.17) is 0 Å². The topological polar surface area (TPSA) is 48.0 Å². The van der Waals surface area contributed by atoms with Gasteiger partial charge in [-0.3, -0.25) is 4.40 Å². The molecule has 0 spiro atoms. The van der Waals surface area contributed by atoms with Gasteiger partial charge in [-0.25, -0.2) is 15.0 Å². The van der Waals surface area contributed by atoms with Crippen LogP contribution in [0.1, 0.15) is 12.5 Å². The summed E-state index contributed by atoms with van der Waals surface area (Å²) >= 11 is 3.84. The number of thioether (sulfide) groups is 1. The number of aryl methyl sites for hydroxylation is 1. The van der Waals surface area contributed by atoms with Gasteiger partial charge in [0.25, 0.3) is 0 Å². The Balaban J connectivity index is 1.96. The molecule has 0 radical (unpaired) electrons. The Morgan fingerprint density at radius 1 is 1.22 bits per heavy atom. The first-order chi connectivity index (χ1) is 12.8. The normalized spacial score (nSPS) is 12.4. The second-order valence-electron chi connectivity index (χ2n) is 5.83. The molecule has 0 atom stereocenters. The van der Waals surface area contributed by atoms with E-state index in [2.05, 4.69) is 37.5 Å². The molecule has 4 heterocycles. The Labute approximate surface area is 170 Å². The first-order valence-corrected chi connectivity index (χ1v) is 10.1. The molecule has 0 aromatic carbocycles. The smallest absolute Gasteiger partial charge is 0.310 e. The Morgan fingerprint density at radius 2 is 2.00 bits per heavy atom. The Morgan fingerprint density at radius 3 is 2.70 bits per heavy atom. The fourth-order valence-electron chi connectivity index (χ4n) is 2.86. The van der Waals surface area contributed by atoms with E-state index in [9.17, 15) is 13.2 Å². The van der Waals surface area contributed by atoms with Crippen LogP contribution < -0.4 is 0 Å². The van der Waals surface area contributed by atoms with Crippen molar-refractivity contribution < 1.29 is 13.2 Å². The third-order valence-corrected chi connectivity index (χ3v) is 5.66. The van der Waals surface area contributed by atoms with Crippen LogP contribution in [0, 0.1) is 3.57 Å². The van der Waals surface area contributed by atoms with Crippen LogP contribution in [0.5, 0.6) is 0 Å². The molecule has 0 aliphatic rings. The van der Waals surface area contributed by atoms with Crippen LogP contribution in [0.4, 0.5) is 13.2 Å². The molecule has 4 aromatic rings. The number of halogens is 4. The molecule has 0 aliphatic carbocycles. The van der Waals surface area contributed by atoms with Gasteiger partial charge in [-0.2, -0.15) is 13.2 Å².